The van der Waals surface area contributed by atoms with Crippen molar-refractivity contribution in [2.75, 3.05) is 0 Å². The highest BCUT2D eigenvalue weighted by Gasteiger charge is 2.30. The number of alkyl halides is 1. The molecule has 1 aromatic heterocycles. The van der Waals surface area contributed by atoms with Gasteiger partial charge in [0.05, 0.1) is 29.4 Å². The lowest BCUT2D eigenvalue weighted by atomic mass is 9.88. The lowest BCUT2D eigenvalue weighted by Crippen LogP contribution is -2.47. The van der Waals surface area contributed by atoms with E-state index in [0.29, 0.717) is 17.5 Å². The summed E-state index contributed by atoms with van der Waals surface area (Å²) in [4.78, 5) is 34.0. The molecule has 3 atom stereocenters. The summed E-state index contributed by atoms with van der Waals surface area (Å²) in [6.45, 7) is 2.87. The van der Waals surface area contributed by atoms with Crippen LogP contribution in [0.4, 0.5) is 4.39 Å². The Bertz CT molecular complexity index is 1140. The van der Waals surface area contributed by atoms with Gasteiger partial charge in [0.1, 0.15) is 11.4 Å². The number of rotatable bonds is 11. The number of nitrogens with one attached hydrogen (secondary N) is 2. The second-order valence-electron chi connectivity index (χ2n) is 9.28. The number of aliphatic hydroxyl groups excluding tert-OH is 1. The molecule has 5 N–H and O–H groups in total. The minimum absolute atomic E-state index is 0.000290. The summed E-state index contributed by atoms with van der Waals surface area (Å²) in [7, 11) is 0. The first-order valence-electron chi connectivity index (χ1n) is 11.6. The standard InChI is InChI=1S/C26H32FN5O3/c1-26(2,27)13-12-18(24(34)32-28)15-23(33)21(14-17-8-4-3-5-9-17)31-25(35)22-16-29-19-10-6-7-11-20(19)30-22/h3-11,16,18,21,23,33H,12-15,28H2,1-2H3,(H,31,35)(H,32,34)/t18-,21+,23+/m1/s1. The number of carbonyl (C=O) groups is 2. The zero-order valence-electron chi connectivity index (χ0n) is 19.9. The van der Waals surface area contributed by atoms with Gasteiger partial charge in [-0.1, -0.05) is 42.5 Å². The second kappa shape index (κ2) is 11.8. The lowest BCUT2D eigenvalue weighted by molar-refractivity contribution is -0.126. The Labute approximate surface area is 204 Å². The molecule has 186 valence electrons. The van der Waals surface area contributed by atoms with Crippen LogP contribution in [0.25, 0.3) is 11.0 Å². The third kappa shape index (κ3) is 7.80. The quantitative estimate of drug-likeness (QED) is 0.189. The summed E-state index contributed by atoms with van der Waals surface area (Å²) >= 11 is 0. The molecule has 0 saturated heterocycles. The van der Waals surface area contributed by atoms with Crippen LogP contribution >= 0.6 is 0 Å². The van der Waals surface area contributed by atoms with Gasteiger partial charge in [-0.3, -0.25) is 20.0 Å². The maximum atomic E-state index is 14.1. The summed E-state index contributed by atoms with van der Waals surface area (Å²) in [6.07, 6.45) is 0.932. The summed E-state index contributed by atoms with van der Waals surface area (Å²) < 4.78 is 14.1. The highest BCUT2D eigenvalue weighted by Crippen LogP contribution is 2.24. The number of hydrogen-bond donors (Lipinski definition) is 4. The second-order valence-corrected chi connectivity index (χ2v) is 9.28. The number of amides is 2. The molecule has 0 aliphatic heterocycles. The average molecular weight is 482 g/mol. The maximum absolute atomic E-state index is 14.1. The van der Waals surface area contributed by atoms with E-state index in [2.05, 4.69) is 20.7 Å². The van der Waals surface area contributed by atoms with Gasteiger partial charge in [0.2, 0.25) is 5.91 Å². The average Bonchev–Trinajstić information content (AvgIpc) is 2.85. The lowest BCUT2D eigenvalue weighted by Gasteiger charge is -2.28. The van der Waals surface area contributed by atoms with Crippen LogP contribution in [0.5, 0.6) is 0 Å². The predicted molar refractivity (Wildman–Crippen MR) is 132 cm³/mol. The van der Waals surface area contributed by atoms with E-state index in [1.54, 1.807) is 12.1 Å². The van der Waals surface area contributed by atoms with Crippen molar-refractivity contribution in [2.45, 2.75) is 57.3 Å². The van der Waals surface area contributed by atoms with Crippen molar-refractivity contribution < 1.29 is 19.1 Å². The van der Waals surface area contributed by atoms with Crippen molar-refractivity contribution in [2.24, 2.45) is 11.8 Å². The summed E-state index contributed by atoms with van der Waals surface area (Å²) in [6, 6.07) is 15.8. The molecule has 0 bridgehead atoms. The van der Waals surface area contributed by atoms with Gasteiger partial charge in [0, 0.05) is 5.92 Å². The van der Waals surface area contributed by atoms with E-state index in [1.807, 2.05) is 42.5 Å². The number of para-hydroxylation sites is 2. The summed E-state index contributed by atoms with van der Waals surface area (Å²) in [5, 5.41) is 14.0. The number of benzene rings is 2. The van der Waals surface area contributed by atoms with Gasteiger partial charge in [-0.15, -0.1) is 0 Å². The Hall–Kier alpha value is -3.43. The Morgan fingerprint density at radius 3 is 2.40 bits per heavy atom. The van der Waals surface area contributed by atoms with E-state index in [4.69, 9.17) is 5.84 Å². The molecule has 0 aliphatic carbocycles. The van der Waals surface area contributed by atoms with Crippen molar-refractivity contribution >= 4 is 22.8 Å². The molecule has 3 aromatic rings. The van der Waals surface area contributed by atoms with Crippen molar-refractivity contribution in [1.29, 1.82) is 0 Å². The number of halogens is 1. The van der Waals surface area contributed by atoms with Crippen LogP contribution < -0.4 is 16.6 Å². The Balaban J connectivity index is 1.80. The summed E-state index contributed by atoms with van der Waals surface area (Å²) in [5.74, 6) is 3.63. The first kappa shape index (κ1) is 26.2. The Kier molecular flexibility index (Phi) is 8.84. The Morgan fingerprint density at radius 2 is 1.74 bits per heavy atom. The minimum Gasteiger partial charge on any atom is -0.391 e. The number of fused-ring (bicyclic) bond motifs is 1. The molecule has 0 aliphatic rings. The van der Waals surface area contributed by atoms with Gasteiger partial charge >= 0.3 is 0 Å². The van der Waals surface area contributed by atoms with E-state index in [-0.39, 0.29) is 25.0 Å². The van der Waals surface area contributed by atoms with Crippen LogP contribution in [0.15, 0.2) is 60.8 Å². The first-order chi connectivity index (χ1) is 16.7. The van der Waals surface area contributed by atoms with Gasteiger partial charge in [-0.2, -0.15) is 0 Å². The van der Waals surface area contributed by atoms with Crippen LogP contribution in [0, 0.1) is 5.92 Å². The van der Waals surface area contributed by atoms with Crippen molar-refractivity contribution in [3.05, 3.63) is 72.1 Å². The molecule has 0 fully saturated rings. The van der Waals surface area contributed by atoms with Crippen LogP contribution in [0.3, 0.4) is 0 Å². The Morgan fingerprint density at radius 1 is 1.09 bits per heavy atom. The highest BCUT2D eigenvalue weighted by atomic mass is 19.1. The van der Waals surface area contributed by atoms with E-state index >= 15 is 0 Å². The molecule has 0 saturated carbocycles. The van der Waals surface area contributed by atoms with Gasteiger partial charge in [-0.05, 0) is 57.2 Å². The number of aliphatic hydroxyl groups is 1. The number of carbonyl (C=O) groups excluding carboxylic acids is 2. The largest absolute Gasteiger partial charge is 0.391 e. The SMILES string of the molecule is CC(C)(F)CC[C@H](C[C@H](O)[C@H](Cc1ccccc1)NC(=O)c1cnc2ccccc2n1)C(=O)NN. The maximum Gasteiger partial charge on any atom is 0.271 e. The fraction of sp³-hybridized carbons (Fsp3) is 0.385. The molecular weight excluding hydrogens is 449 g/mol. The van der Waals surface area contributed by atoms with E-state index in [1.165, 1.54) is 20.0 Å². The number of aromatic nitrogens is 2. The highest BCUT2D eigenvalue weighted by molar-refractivity contribution is 5.94. The van der Waals surface area contributed by atoms with Crippen LogP contribution in [0.2, 0.25) is 0 Å². The molecule has 0 unspecified atom stereocenters. The van der Waals surface area contributed by atoms with Crippen LogP contribution in [-0.2, 0) is 11.2 Å². The predicted octanol–water partition coefficient (Wildman–Crippen LogP) is 2.86. The molecule has 1 heterocycles. The summed E-state index contributed by atoms with van der Waals surface area (Å²) in [5.41, 5.74) is 2.88. The van der Waals surface area contributed by atoms with Crippen LogP contribution in [-0.4, -0.2) is 44.7 Å². The molecule has 9 heteroatoms. The van der Waals surface area contributed by atoms with Crippen molar-refractivity contribution in [3.63, 3.8) is 0 Å². The molecular formula is C26H32FN5O3. The third-order valence-corrected chi connectivity index (χ3v) is 5.89. The van der Waals surface area contributed by atoms with Crippen molar-refractivity contribution in [1.82, 2.24) is 20.7 Å². The van der Waals surface area contributed by atoms with E-state index < -0.39 is 35.5 Å². The monoisotopic (exact) mass is 481 g/mol. The molecule has 3 rings (SSSR count). The van der Waals surface area contributed by atoms with Crippen molar-refractivity contribution in [3.8, 4) is 0 Å². The van der Waals surface area contributed by atoms with Gasteiger partial charge in [-0.25, -0.2) is 15.2 Å². The zero-order chi connectivity index (χ0) is 25.4. The van der Waals surface area contributed by atoms with Gasteiger partial charge < -0.3 is 10.4 Å². The van der Waals surface area contributed by atoms with Crippen LogP contribution in [0.1, 0.15) is 49.2 Å². The van der Waals surface area contributed by atoms with E-state index in [9.17, 15) is 19.1 Å². The zero-order valence-corrected chi connectivity index (χ0v) is 19.9. The van der Waals surface area contributed by atoms with E-state index in [0.717, 1.165) is 5.56 Å². The molecule has 2 aromatic carbocycles. The number of nitrogens with zero attached hydrogens (tertiary/aromatic N) is 2. The van der Waals surface area contributed by atoms with Gasteiger partial charge in [0.25, 0.3) is 5.91 Å². The normalized spacial score (nSPS) is 14.2. The third-order valence-electron chi connectivity index (χ3n) is 5.89. The van der Waals surface area contributed by atoms with Gasteiger partial charge in [0.15, 0.2) is 0 Å². The number of nitrogens with two attached hydrogens (primary N) is 1. The fourth-order valence-corrected chi connectivity index (χ4v) is 3.91. The smallest absolute Gasteiger partial charge is 0.271 e. The molecule has 0 spiro atoms. The topological polar surface area (TPSA) is 130 Å². The number of hydrazine groups is 1. The minimum atomic E-state index is -1.47. The number of hydrogen-bond acceptors (Lipinski definition) is 6. The first-order valence-corrected chi connectivity index (χ1v) is 11.6. The molecule has 35 heavy (non-hydrogen) atoms. The molecule has 0 radical (unpaired) electrons. The molecule has 8 nitrogen and oxygen atoms in total. The molecule has 2 amide bonds. The fourth-order valence-electron chi connectivity index (χ4n) is 3.91.